The molecule has 1 aromatic carbocycles. The van der Waals surface area contributed by atoms with E-state index in [1.54, 1.807) is 24.4 Å². The van der Waals surface area contributed by atoms with Crippen LogP contribution in [0.1, 0.15) is 36.6 Å². The van der Waals surface area contributed by atoms with Gasteiger partial charge in [0.15, 0.2) is 0 Å². The smallest absolute Gasteiger partial charge is 0.314 e. The molecule has 27 heavy (non-hydrogen) atoms. The lowest BCUT2D eigenvalue weighted by atomic mass is 9.88. The van der Waals surface area contributed by atoms with E-state index in [1.807, 2.05) is 39.0 Å². The Hall–Kier alpha value is -2.66. The van der Waals surface area contributed by atoms with Gasteiger partial charge in [0.1, 0.15) is 12.3 Å². The minimum absolute atomic E-state index is 0.0464. The van der Waals surface area contributed by atoms with Gasteiger partial charge in [0.25, 0.3) is 5.56 Å². The van der Waals surface area contributed by atoms with Crippen molar-refractivity contribution in [2.24, 2.45) is 5.92 Å². The molecule has 1 atom stereocenters. The molecule has 0 saturated carbocycles. The third-order valence-corrected chi connectivity index (χ3v) is 4.62. The van der Waals surface area contributed by atoms with Crippen molar-refractivity contribution in [3.63, 3.8) is 0 Å². The summed E-state index contributed by atoms with van der Waals surface area (Å²) in [7, 11) is 0. The summed E-state index contributed by atoms with van der Waals surface area (Å²) in [6.07, 6.45) is 1.73. The summed E-state index contributed by atoms with van der Waals surface area (Å²) in [5.41, 5.74) is 2.57. The van der Waals surface area contributed by atoms with Crippen LogP contribution >= 0.6 is 11.6 Å². The van der Waals surface area contributed by atoms with E-state index >= 15 is 0 Å². The lowest BCUT2D eigenvalue weighted by molar-refractivity contribution is -0.148. The summed E-state index contributed by atoms with van der Waals surface area (Å²) < 4.78 is 6.96. The number of benzene rings is 1. The van der Waals surface area contributed by atoms with Gasteiger partial charge in [0, 0.05) is 17.3 Å². The number of carbonyl (C=O) groups excluding carboxylic acids is 1. The van der Waals surface area contributed by atoms with Crippen molar-refractivity contribution in [3.8, 4) is 0 Å². The minimum atomic E-state index is -0.411. The van der Waals surface area contributed by atoms with E-state index < -0.39 is 5.92 Å². The first-order valence-corrected chi connectivity index (χ1v) is 9.14. The summed E-state index contributed by atoms with van der Waals surface area (Å²) in [6.45, 7) is 5.78. The highest BCUT2D eigenvalue weighted by Gasteiger charge is 2.26. The molecular formula is C21H21ClN2O3. The van der Waals surface area contributed by atoms with E-state index in [9.17, 15) is 9.59 Å². The van der Waals surface area contributed by atoms with Gasteiger partial charge in [0.05, 0.1) is 11.6 Å². The third kappa shape index (κ3) is 4.37. The van der Waals surface area contributed by atoms with Gasteiger partial charge in [0.2, 0.25) is 0 Å². The highest BCUT2D eigenvalue weighted by molar-refractivity contribution is 6.30. The van der Waals surface area contributed by atoms with Crippen molar-refractivity contribution >= 4 is 23.2 Å². The summed E-state index contributed by atoms with van der Waals surface area (Å²) in [6, 6.07) is 12.2. The van der Waals surface area contributed by atoms with Crippen LogP contribution in [0.5, 0.6) is 0 Å². The van der Waals surface area contributed by atoms with Crippen LogP contribution in [0, 0.1) is 12.8 Å². The molecule has 140 valence electrons. The molecule has 3 aromatic rings. The average molecular weight is 385 g/mol. The highest BCUT2D eigenvalue weighted by Crippen LogP contribution is 2.27. The zero-order valence-corrected chi connectivity index (χ0v) is 16.2. The lowest BCUT2D eigenvalue weighted by Crippen LogP contribution is -2.22. The Labute approximate surface area is 162 Å². The number of nitrogens with zero attached hydrogens (tertiary/aromatic N) is 2. The summed E-state index contributed by atoms with van der Waals surface area (Å²) >= 11 is 5.93. The maximum atomic E-state index is 12.7. The number of aryl methyl sites for hydroxylation is 1. The second kappa shape index (κ2) is 7.92. The minimum Gasteiger partial charge on any atom is -0.459 e. The second-order valence-corrected chi connectivity index (χ2v) is 7.34. The number of esters is 1. The maximum absolute atomic E-state index is 12.7. The number of hydrogen-bond donors (Lipinski definition) is 0. The fourth-order valence-corrected chi connectivity index (χ4v) is 3.16. The fraction of sp³-hybridized carbons (Fsp3) is 0.286. The van der Waals surface area contributed by atoms with E-state index in [4.69, 9.17) is 16.3 Å². The molecular weight excluding hydrogens is 364 g/mol. The van der Waals surface area contributed by atoms with E-state index in [0.717, 1.165) is 11.1 Å². The van der Waals surface area contributed by atoms with Crippen molar-refractivity contribution in [1.29, 1.82) is 0 Å². The van der Waals surface area contributed by atoms with Gasteiger partial charge < -0.3 is 4.74 Å². The van der Waals surface area contributed by atoms with Crippen molar-refractivity contribution in [2.75, 3.05) is 0 Å². The highest BCUT2D eigenvalue weighted by atomic mass is 35.5. The molecule has 0 aliphatic rings. The lowest BCUT2D eigenvalue weighted by Gasteiger charge is -2.20. The van der Waals surface area contributed by atoms with Gasteiger partial charge in [-0.05, 0) is 42.2 Å². The monoisotopic (exact) mass is 384 g/mol. The summed E-state index contributed by atoms with van der Waals surface area (Å²) in [5, 5.41) is 0.616. The van der Waals surface area contributed by atoms with Crippen molar-refractivity contribution in [2.45, 2.75) is 33.3 Å². The SMILES string of the molecule is Cc1ccc2nc(COC(=O)C(c3ccc(Cl)cc3)C(C)C)cc(=O)n2c1. The van der Waals surface area contributed by atoms with Crippen LogP contribution in [0.3, 0.4) is 0 Å². The molecule has 2 heterocycles. The second-order valence-electron chi connectivity index (χ2n) is 6.90. The van der Waals surface area contributed by atoms with Gasteiger partial charge in [-0.15, -0.1) is 0 Å². The number of rotatable bonds is 5. The number of pyridine rings is 1. The Bertz CT molecular complexity index is 1030. The number of carbonyl (C=O) groups is 1. The van der Waals surface area contributed by atoms with Gasteiger partial charge in [-0.25, -0.2) is 4.98 Å². The number of fused-ring (bicyclic) bond motifs is 1. The molecule has 0 fully saturated rings. The average Bonchev–Trinajstić information content (AvgIpc) is 2.62. The Morgan fingerprint density at radius 2 is 1.89 bits per heavy atom. The zero-order chi connectivity index (χ0) is 19.6. The van der Waals surface area contributed by atoms with E-state index in [2.05, 4.69) is 4.98 Å². The third-order valence-electron chi connectivity index (χ3n) is 4.37. The number of aromatic nitrogens is 2. The Kier molecular flexibility index (Phi) is 5.61. The van der Waals surface area contributed by atoms with E-state index in [1.165, 1.54) is 10.5 Å². The van der Waals surface area contributed by atoms with Gasteiger partial charge in [-0.3, -0.25) is 14.0 Å². The van der Waals surface area contributed by atoms with Crippen molar-refractivity contribution in [3.05, 3.63) is 80.9 Å². The molecule has 6 heteroatoms. The predicted molar refractivity (Wildman–Crippen MR) is 105 cm³/mol. The Balaban J connectivity index is 1.79. The van der Waals surface area contributed by atoms with Crippen molar-refractivity contribution in [1.82, 2.24) is 9.38 Å². The molecule has 0 spiro atoms. The molecule has 0 N–H and O–H groups in total. The van der Waals surface area contributed by atoms with Gasteiger partial charge in [-0.2, -0.15) is 0 Å². The molecule has 0 aliphatic carbocycles. The number of halogens is 1. The van der Waals surface area contributed by atoms with Crippen LogP contribution in [-0.2, 0) is 16.1 Å². The zero-order valence-electron chi connectivity index (χ0n) is 15.5. The standard InChI is InChI=1S/C21H21ClN2O3/c1-13(2)20(15-5-7-16(22)8-6-15)21(26)27-12-17-10-19(25)24-11-14(3)4-9-18(24)23-17/h4-11,13,20H,12H2,1-3H3. The van der Waals surface area contributed by atoms with Crippen LogP contribution in [0.25, 0.3) is 5.65 Å². The first kappa shape index (κ1) is 19.1. The van der Waals surface area contributed by atoms with Crippen LogP contribution in [0.15, 0.2) is 53.5 Å². The molecule has 0 aliphatic heterocycles. The fourth-order valence-electron chi connectivity index (χ4n) is 3.03. The van der Waals surface area contributed by atoms with E-state index in [-0.39, 0.29) is 24.1 Å². The largest absolute Gasteiger partial charge is 0.459 e. The number of hydrogen-bond acceptors (Lipinski definition) is 4. The van der Waals surface area contributed by atoms with Crippen LogP contribution < -0.4 is 5.56 Å². The molecule has 2 aromatic heterocycles. The number of ether oxygens (including phenoxy) is 1. The molecule has 0 radical (unpaired) electrons. The van der Waals surface area contributed by atoms with Crippen LogP contribution in [0.2, 0.25) is 5.02 Å². The molecule has 0 amide bonds. The molecule has 0 saturated heterocycles. The quantitative estimate of drug-likeness (QED) is 0.620. The van der Waals surface area contributed by atoms with E-state index in [0.29, 0.717) is 16.4 Å². The van der Waals surface area contributed by atoms with Crippen molar-refractivity contribution < 1.29 is 9.53 Å². The summed E-state index contributed by atoms with van der Waals surface area (Å²) in [5.74, 6) is -0.707. The Morgan fingerprint density at radius 1 is 1.19 bits per heavy atom. The molecule has 1 unspecified atom stereocenters. The molecule has 0 bridgehead atoms. The maximum Gasteiger partial charge on any atom is 0.314 e. The van der Waals surface area contributed by atoms with Crippen LogP contribution in [-0.4, -0.2) is 15.4 Å². The molecule has 5 nitrogen and oxygen atoms in total. The van der Waals surface area contributed by atoms with Gasteiger partial charge >= 0.3 is 5.97 Å². The summed E-state index contributed by atoms with van der Waals surface area (Å²) in [4.78, 5) is 29.3. The first-order chi connectivity index (χ1) is 12.8. The normalized spacial score (nSPS) is 12.3. The topological polar surface area (TPSA) is 60.7 Å². The molecule has 3 rings (SSSR count). The van der Waals surface area contributed by atoms with Crippen LogP contribution in [0.4, 0.5) is 0 Å². The first-order valence-electron chi connectivity index (χ1n) is 8.76. The Morgan fingerprint density at radius 3 is 2.56 bits per heavy atom. The predicted octanol–water partition coefficient (Wildman–Crippen LogP) is 4.14. The van der Waals surface area contributed by atoms with Gasteiger partial charge in [-0.1, -0.05) is 43.6 Å².